The number of ketones is 1. The predicted molar refractivity (Wildman–Crippen MR) is 71.0 cm³/mol. The van der Waals surface area contributed by atoms with Crippen LogP contribution in [0.25, 0.3) is 0 Å². The van der Waals surface area contributed by atoms with Gasteiger partial charge in [0.05, 0.1) is 0 Å². The van der Waals surface area contributed by atoms with Crippen molar-refractivity contribution < 1.29 is 15.0 Å². The van der Waals surface area contributed by atoms with Crippen LogP contribution in [0, 0.1) is 6.92 Å². The summed E-state index contributed by atoms with van der Waals surface area (Å²) < 4.78 is 0. The average Bonchev–Trinajstić information content (AvgIpc) is 2.34. The smallest absolute Gasteiger partial charge is 0.159 e. The number of aryl methyl sites for hydroxylation is 1. The zero-order chi connectivity index (χ0) is 13.5. The minimum atomic E-state index is 0.0139. The second-order valence-electron chi connectivity index (χ2n) is 3.94. The lowest BCUT2D eigenvalue weighted by Gasteiger charge is -1.93. The van der Waals surface area contributed by atoms with Gasteiger partial charge in [0, 0.05) is 5.56 Å². The van der Waals surface area contributed by atoms with Crippen molar-refractivity contribution in [1.82, 2.24) is 0 Å². The maximum Gasteiger partial charge on any atom is 0.159 e. The summed E-state index contributed by atoms with van der Waals surface area (Å²) in [6.07, 6.45) is 0. The fraction of sp³-hybridized carbons (Fsp3) is 0.133. The molecule has 18 heavy (non-hydrogen) atoms. The Bertz CT molecular complexity index is 477. The van der Waals surface area contributed by atoms with Crippen LogP contribution in [0.5, 0.6) is 11.5 Å². The molecule has 0 aliphatic carbocycles. The number of hydrogen-bond donors (Lipinski definition) is 2. The van der Waals surface area contributed by atoms with E-state index in [0.717, 1.165) is 0 Å². The van der Waals surface area contributed by atoms with Gasteiger partial charge in [-0.15, -0.1) is 0 Å². The molecule has 0 aromatic heterocycles. The molecule has 0 fully saturated rings. The molecule has 2 rings (SSSR count). The molecule has 0 saturated heterocycles. The Morgan fingerprint density at radius 1 is 0.833 bits per heavy atom. The number of phenolic OH excluding ortho intramolecular Hbond substituents is 2. The molecule has 0 atom stereocenters. The first kappa shape index (κ1) is 13.8. The number of carbonyl (C=O) groups is 1. The molecule has 94 valence electrons. The average molecular weight is 244 g/mol. The lowest BCUT2D eigenvalue weighted by molar-refractivity contribution is 0.101. The van der Waals surface area contributed by atoms with Crippen molar-refractivity contribution >= 4 is 5.78 Å². The van der Waals surface area contributed by atoms with Crippen molar-refractivity contribution in [2.24, 2.45) is 0 Å². The van der Waals surface area contributed by atoms with E-state index in [1.807, 2.05) is 19.1 Å². The third kappa shape index (κ3) is 4.70. The maximum absolute atomic E-state index is 10.7. The van der Waals surface area contributed by atoms with Gasteiger partial charge >= 0.3 is 0 Å². The summed E-state index contributed by atoms with van der Waals surface area (Å²) in [5.41, 5.74) is 1.79. The first-order valence-electron chi connectivity index (χ1n) is 5.54. The van der Waals surface area contributed by atoms with Gasteiger partial charge in [0.1, 0.15) is 11.5 Å². The van der Waals surface area contributed by atoms with E-state index in [4.69, 9.17) is 10.2 Å². The highest BCUT2D eigenvalue weighted by molar-refractivity contribution is 5.94. The molecule has 0 amide bonds. The van der Waals surface area contributed by atoms with E-state index < -0.39 is 0 Å². The Balaban J connectivity index is 0.000000184. The molecule has 0 unspecified atom stereocenters. The van der Waals surface area contributed by atoms with Gasteiger partial charge in [-0.05, 0) is 50.2 Å². The van der Waals surface area contributed by atoms with E-state index in [1.54, 1.807) is 24.3 Å². The number of hydrogen-bond acceptors (Lipinski definition) is 3. The molecule has 2 aromatic carbocycles. The Morgan fingerprint density at radius 3 is 1.56 bits per heavy atom. The lowest BCUT2D eigenvalue weighted by atomic mass is 10.1. The van der Waals surface area contributed by atoms with Crippen LogP contribution in [0.2, 0.25) is 0 Å². The third-order valence-corrected chi connectivity index (χ3v) is 2.31. The molecule has 0 heterocycles. The molecule has 0 bridgehead atoms. The summed E-state index contributed by atoms with van der Waals surface area (Å²) in [6.45, 7) is 3.48. The quantitative estimate of drug-likeness (QED) is 0.757. The van der Waals surface area contributed by atoms with Crippen molar-refractivity contribution in [1.29, 1.82) is 0 Å². The molecule has 0 spiro atoms. The number of benzene rings is 2. The Morgan fingerprint density at radius 2 is 1.22 bits per heavy atom. The summed E-state index contributed by atoms with van der Waals surface area (Å²) in [5, 5.41) is 17.6. The summed E-state index contributed by atoms with van der Waals surface area (Å²) in [7, 11) is 0. The van der Waals surface area contributed by atoms with Crippen LogP contribution in [-0.2, 0) is 0 Å². The molecule has 0 saturated carbocycles. The fourth-order valence-electron chi connectivity index (χ4n) is 1.24. The Hall–Kier alpha value is -2.29. The number of aromatic hydroxyl groups is 2. The van der Waals surface area contributed by atoms with Crippen LogP contribution in [0.3, 0.4) is 0 Å². The van der Waals surface area contributed by atoms with Gasteiger partial charge in [-0.1, -0.05) is 17.7 Å². The van der Waals surface area contributed by atoms with Crippen molar-refractivity contribution in [3.05, 3.63) is 59.7 Å². The Labute approximate surface area is 106 Å². The van der Waals surface area contributed by atoms with E-state index >= 15 is 0 Å². The molecule has 0 aliphatic heterocycles. The topological polar surface area (TPSA) is 57.5 Å². The van der Waals surface area contributed by atoms with E-state index in [2.05, 4.69) is 0 Å². The van der Waals surface area contributed by atoms with Crippen molar-refractivity contribution in [2.75, 3.05) is 0 Å². The largest absolute Gasteiger partial charge is 0.508 e. The molecule has 2 aromatic rings. The van der Waals surface area contributed by atoms with Gasteiger partial charge in [-0.2, -0.15) is 0 Å². The summed E-state index contributed by atoms with van der Waals surface area (Å²) >= 11 is 0. The Kier molecular flexibility index (Phi) is 4.93. The fourth-order valence-corrected chi connectivity index (χ4v) is 1.24. The van der Waals surface area contributed by atoms with E-state index in [-0.39, 0.29) is 11.5 Å². The number of rotatable bonds is 1. The van der Waals surface area contributed by atoms with Crippen LogP contribution in [0.4, 0.5) is 0 Å². The van der Waals surface area contributed by atoms with Crippen LogP contribution >= 0.6 is 0 Å². The van der Waals surface area contributed by atoms with Gasteiger partial charge in [-0.25, -0.2) is 0 Å². The molecular formula is C15H16O3. The second-order valence-corrected chi connectivity index (χ2v) is 3.94. The second kappa shape index (κ2) is 6.45. The van der Waals surface area contributed by atoms with Crippen LogP contribution < -0.4 is 0 Å². The monoisotopic (exact) mass is 244 g/mol. The molecule has 0 radical (unpaired) electrons. The molecular weight excluding hydrogens is 228 g/mol. The first-order chi connectivity index (χ1) is 8.49. The van der Waals surface area contributed by atoms with E-state index in [9.17, 15) is 4.79 Å². The standard InChI is InChI=1S/C8H8O2.C7H8O/c1-6(9)7-2-4-8(10)5-3-7;1-6-2-4-7(8)5-3-6/h2-5,10H,1H3;2-5,8H,1H3. The van der Waals surface area contributed by atoms with Crippen molar-refractivity contribution in [3.8, 4) is 11.5 Å². The number of Topliss-reactive ketones (excluding diaryl/α,β-unsaturated/α-hetero) is 1. The van der Waals surface area contributed by atoms with Crippen LogP contribution in [0.15, 0.2) is 48.5 Å². The minimum absolute atomic E-state index is 0.0139. The van der Waals surface area contributed by atoms with Crippen LogP contribution in [-0.4, -0.2) is 16.0 Å². The van der Waals surface area contributed by atoms with E-state index in [0.29, 0.717) is 11.3 Å². The maximum atomic E-state index is 10.7. The highest BCUT2D eigenvalue weighted by Crippen LogP contribution is 2.09. The number of carbonyl (C=O) groups excluding carboxylic acids is 1. The summed E-state index contributed by atoms with van der Waals surface area (Å²) in [6, 6.07) is 13.3. The first-order valence-corrected chi connectivity index (χ1v) is 5.54. The highest BCUT2D eigenvalue weighted by atomic mass is 16.3. The number of phenols is 2. The molecule has 3 heteroatoms. The minimum Gasteiger partial charge on any atom is -0.508 e. The predicted octanol–water partition coefficient (Wildman–Crippen LogP) is 3.30. The summed E-state index contributed by atoms with van der Waals surface area (Å²) in [4.78, 5) is 10.7. The third-order valence-electron chi connectivity index (χ3n) is 2.31. The highest BCUT2D eigenvalue weighted by Gasteiger charge is 1.96. The lowest BCUT2D eigenvalue weighted by Crippen LogP contribution is -1.89. The molecule has 2 N–H and O–H groups in total. The van der Waals surface area contributed by atoms with Gasteiger partial charge in [0.25, 0.3) is 0 Å². The van der Waals surface area contributed by atoms with Gasteiger partial charge in [-0.3, -0.25) is 4.79 Å². The molecule has 3 nitrogen and oxygen atoms in total. The SMILES string of the molecule is CC(=O)c1ccc(O)cc1.Cc1ccc(O)cc1. The van der Waals surface area contributed by atoms with Gasteiger partial charge in [0.2, 0.25) is 0 Å². The van der Waals surface area contributed by atoms with Gasteiger partial charge < -0.3 is 10.2 Å². The zero-order valence-corrected chi connectivity index (χ0v) is 10.4. The van der Waals surface area contributed by atoms with E-state index in [1.165, 1.54) is 24.6 Å². The molecule has 0 aliphatic rings. The van der Waals surface area contributed by atoms with Crippen molar-refractivity contribution in [2.45, 2.75) is 13.8 Å². The van der Waals surface area contributed by atoms with Crippen LogP contribution in [0.1, 0.15) is 22.8 Å². The van der Waals surface area contributed by atoms with Gasteiger partial charge in [0.15, 0.2) is 5.78 Å². The van der Waals surface area contributed by atoms with Crippen molar-refractivity contribution in [3.63, 3.8) is 0 Å². The summed E-state index contributed by atoms with van der Waals surface area (Å²) in [5.74, 6) is 0.528. The zero-order valence-electron chi connectivity index (χ0n) is 10.4. The normalized spacial score (nSPS) is 9.22.